The van der Waals surface area contributed by atoms with Gasteiger partial charge in [0, 0.05) is 20.6 Å². The summed E-state index contributed by atoms with van der Waals surface area (Å²) in [6.45, 7) is 0.314. The Balaban J connectivity index is 1.82. The van der Waals surface area contributed by atoms with Gasteiger partial charge < -0.3 is 9.47 Å². The summed E-state index contributed by atoms with van der Waals surface area (Å²) in [4.78, 5) is 26.1. The lowest BCUT2D eigenvalue weighted by molar-refractivity contribution is -0.291. The molecule has 2 fully saturated rings. The number of carbonyl (C=O) groups is 2. The number of carbonyl (C=O) groups excluding carboxylic acids is 2. The van der Waals surface area contributed by atoms with Crippen molar-refractivity contribution in [3.8, 4) is 0 Å². The molecule has 5 nitrogen and oxygen atoms in total. The van der Waals surface area contributed by atoms with Crippen molar-refractivity contribution in [2.24, 2.45) is 11.8 Å². The smallest absolute Gasteiger partial charge is 0.238 e. The fourth-order valence-corrected chi connectivity index (χ4v) is 3.19. The van der Waals surface area contributed by atoms with Crippen molar-refractivity contribution < 1.29 is 19.1 Å². The summed E-state index contributed by atoms with van der Waals surface area (Å²) in [7, 11) is 3.02. The quantitative estimate of drug-likeness (QED) is 0.611. The molecule has 0 N–H and O–H groups in total. The van der Waals surface area contributed by atoms with Crippen LogP contribution in [0.2, 0.25) is 0 Å². The average molecular weight is 275 g/mol. The van der Waals surface area contributed by atoms with Crippen LogP contribution < -0.4 is 0 Å². The number of benzene rings is 1. The van der Waals surface area contributed by atoms with Crippen molar-refractivity contribution in [3.05, 3.63) is 35.9 Å². The number of rotatable bonds is 4. The molecular weight excluding hydrogens is 258 g/mol. The highest BCUT2D eigenvalue weighted by Gasteiger charge is 2.67. The van der Waals surface area contributed by atoms with Crippen LogP contribution in [0.1, 0.15) is 12.0 Å². The summed E-state index contributed by atoms with van der Waals surface area (Å²) < 4.78 is 10.7. The molecule has 2 unspecified atom stereocenters. The molecule has 1 aromatic carbocycles. The number of imide groups is 1. The second-order valence-corrected chi connectivity index (χ2v) is 5.26. The Labute approximate surface area is 117 Å². The molecule has 20 heavy (non-hydrogen) atoms. The lowest BCUT2D eigenvalue weighted by Gasteiger charge is -2.46. The maximum Gasteiger partial charge on any atom is 0.238 e. The SMILES string of the molecule is COC1(OC)CC2C(=O)N(Cc3ccccc3)C(=O)C21. The van der Waals surface area contributed by atoms with Gasteiger partial charge in [-0.05, 0) is 5.56 Å². The fraction of sp³-hybridized carbons (Fsp3) is 0.467. The fourth-order valence-electron chi connectivity index (χ4n) is 3.19. The minimum Gasteiger partial charge on any atom is -0.352 e. The van der Waals surface area contributed by atoms with Crippen LogP contribution in [-0.4, -0.2) is 36.7 Å². The number of methoxy groups -OCH3 is 2. The van der Waals surface area contributed by atoms with Crippen molar-refractivity contribution in [2.45, 2.75) is 18.8 Å². The van der Waals surface area contributed by atoms with E-state index in [1.165, 1.54) is 19.1 Å². The molecule has 0 radical (unpaired) electrons. The maximum absolute atomic E-state index is 12.5. The molecule has 0 spiro atoms. The summed E-state index contributed by atoms with van der Waals surface area (Å²) in [5.41, 5.74) is 0.941. The number of likely N-dealkylation sites (tertiary alicyclic amines) is 1. The number of fused-ring (bicyclic) bond motifs is 1. The zero-order valence-corrected chi connectivity index (χ0v) is 11.5. The van der Waals surface area contributed by atoms with Gasteiger partial charge in [0.25, 0.3) is 0 Å². The number of ether oxygens (including phenoxy) is 2. The van der Waals surface area contributed by atoms with Crippen molar-refractivity contribution in [2.75, 3.05) is 14.2 Å². The molecule has 1 aliphatic carbocycles. The first-order valence-electron chi connectivity index (χ1n) is 6.62. The molecule has 2 amide bonds. The van der Waals surface area contributed by atoms with E-state index >= 15 is 0 Å². The molecular formula is C15H17NO4. The Morgan fingerprint density at radius 1 is 1.15 bits per heavy atom. The third-order valence-corrected chi connectivity index (χ3v) is 4.37. The van der Waals surface area contributed by atoms with Crippen LogP contribution in [0.5, 0.6) is 0 Å². The van der Waals surface area contributed by atoms with Crippen LogP contribution in [0.4, 0.5) is 0 Å². The standard InChI is InChI=1S/C15H17NO4/c1-19-15(20-2)8-11-12(15)14(18)16(13(11)17)9-10-6-4-3-5-7-10/h3-7,11-12H,8-9H2,1-2H3. The Kier molecular flexibility index (Phi) is 3.11. The summed E-state index contributed by atoms with van der Waals surface area (Å²) in [6.07, 6.45) is 0.445. The highest BCUT2D eigenvalue weighted by Crippen LogP contribution is 2.52. The van der Waals surface area contributed by atoms with Crippen LogP contribution in [0.15, 0.2) is 30.3 Å². The van der Waals surface area contributed by atoms with Gasteiger partial charge in [-0.15, -0.1) is 0 Å². The maximum atomic E-state index is 12.5. The van der Waals surface area contributed by atoms with Crippen LogP contribution >= 0.6 is 0 Å². The Hall–Kier alpha value is -1.72. The van der Waals surface area contributed by atoms with E-state index in [-0.39, 0.29) is 17.7 Å². The van der Waals surface area contributed by atoms with Gasteiger partial charge in [0.1, 0.15) is 5.92 Å². The third-order valence-electron chi connectivity index (χ3n) is 4.37. The summed E-state index contributed by atoms with van der Waals surface area (Å²) in [5.74, 6) is -2.05. The van der Waals surface area contributed by atoms with Gasteiger partial charge >= 0.3 is 0 Å². The van der Waals surface area contributed by atoms with Gasteiger partial charge in [-0.2, -0.15) is 0 Å². The van der Waals surface area contributed by atoms with E-state index in [4.69, 9.17) is 9.47 Å². The Bertz CT molecular complexity index is 538. The number of nitrogens with zero attached hydrogens (tertiary/aromatic N) is 1. The minimum atomic E-state index is -0.928. The van der Waals surface area contributed by atoms with Gasteiger partial charge in [0.15, 0.2) is 5.79 Å². The molecule has 1 saturated heterocycles. The predicted molar refractivity (Wildman–Crippen MR) is 70.3 cm³/mol. The van der Waals surface area contributed by atoms with Crippen LogP contribution in [-0.2, 0) is 25.6 Å². The normalized spacial score (nSPS) is 27.4. The Morgan fingerprint density at radius 3 is 2.40 bits per heavy atom. The van der Waals surface area contributed by atoms with Crippen molar-refractivity contribution >= 4 is 11.8 Å². The van der Waals surface area contributed by atoms with Crippen molar-refractivity contribution in [3.63, 3.8) is 0 Å². The van der Waals surface area contributed by atoms with E-state index < -0.39 is 11.7 Å². The molecule has 2 aliphatic rings. The molecule has 1 saturated carbocycles. The molecule has 0 aromatic heterocycles. The van der Waals surface area contributed by atoms with Crippen molar-refractivity contribution in [1.82, 2.24) is 4.90 Å². The number of amides is 2. The first-order valence-corrected chi connectivity index (χ1v) is 6.62. The topological polar surface area (TPSA) is 55.8 Å². The lowest BCUT2D eigenvalue weighted by Crippen LogP contribution is -2.58. The molecule has 1 heterocycles. The van der Waals surface area contributed by atoms with Gasteiger partial charge in [-0.3, -0.25) is 14.5 Å². The zero-order chi connectivity index (χ0) is 14.3. The van der Waals surface area contributed by atoms with Gasteiger partial charge in [-0.25, -0.2) is 0 Å². The first kappa shape index (κ1) is 13.3. The molecule has 5 heteroatoms. The molecule has 0 bridgehead atoms. The van der Waals surface area contributed by atoms with E-state index in [1.807, 2.05) is 30.3 Å². The van der Waals surface area contributed by atoms with Gasteiger partial charge in [-0.1, -0.05) is 30.3 Å². The average Bonchev–Trinajstić information content (AvgIpc) is 2.63. The zero-order valence-electron chi connectivity index (χ0n) is 11.5. The van der Waals surface area contributed by atoms with Crippen molar-refractivity contribution in [1.29, 1.82) is 0 Å². The highest BCUT2D eigenvalue weighted by atomic mass is 16.7. The Morgan fingerprint density at radius 2 is 1.80 bits per heavy atom. The summed E-state index contributed by atoms with van der Waals surface area (Å²) in [6, 6.07) is 9.50. The number of hydrogen-bond acceptors (Lipinski definition) is 4. The van der Waals surface area contributed by atoms with E-state index in [0.717, 1.165) is 5.56 Å². The first-order chi connectivity index (χ1) is 9.63. The van der Waals surface area contributed by atoms with E-state index in [0.29, 0.717) is 13.0 Å². The summed E-state index contributed by atoms with van der Waals surface area (Å²) in [5, 5.41) is 0. The van der Waals surface area contributed by atoms with E-state index in [9.17, 15) is 9.59 Å². The lowest BCUT2D eigenvalue weighted by atomic mass is 9.69. The molecule has 2 atom stereocenters. The van der Waals surface area contributed by atoms with E-state index in [1.54, 1.807) is 0 Å². The largest absolute Gasteiger partial charge is 0.352 e. The second kappa shape index (κ2) is 4.68. The molecule has 1 aliphatic heterocycles. The molecule has 3 rings (SSSR count). The molecule has 106 valence electrons. The monoisotopic (exact) mass is 275 g/mol. The number of hydrogen-bond donors (Lipinski definition) is 0. The summed E-state index contributed by atoms with van der Waals surface area (Å²) >= 11 is 0. The third kappa shape index (κ3) is 1.70. The minimum absolute atomic E-state index is 0.117. The van der Waals surface area contributed by atoms with E-state index in [2.05, 4.69) is 0 Å². The van der Waals surface area contributed by atoms with Crippen LogP contribution in [0.3, 0.4) is 0 Å². The highest BCUT2D eigenvalue weighted by molar-refractivity contribution is 6.07. The second-order valence-electron chi connectivity index (χ2n) is 5.26. The van der Waals surface area contributed by atoms with Gasteiger partial charge in [0.05, 0.1) is 12.5 Å². The predicted octanol–water partition coefficient (Wildman–Crippen LogP) is 1.18. The van der Waals surface area contributed by atoms with Crippen LogP contribution in [0, 0.1) is 11.8 Å². The van der Waals surface area contributed by atoms with Gasteiger partial charge in [0.2, 0.25) is 11.8 Å². The molecule has 1 aromatic rings. The van der Waals surface area contributed by atoms with Crippen LogP contribution in [0.25, 0.3) is 0 Å².